The van der Waals surface area contributed by atoms with Crippen LogP contribution in [0.1, 0.15) is 53.9 Å². The first-order valence-corrected chi connectivity index (χ1v) is 7.91. The molecule has 19 heavy (non-hydrogen) atoms. The highest BCUT2D eigenvalue weighted by atomic mass is 16.5. The van der Waals surface area contributed by atoms with E-state index in [1.54, 1.807) is 0 Å². The van der Waals surface area contributed by atoms with E-state index in [2.05, 4.69) is 33.0 Å². The van der Waals surface area contributed by atoms with Crippen molar-refractivity contribution in [1.29, 1.82) is 0 Å². The van der Waals surface area contributed by atoms with Gasteiger partial charge in [-0.3, -0.25) is 0 Å². The lowest BCUT2D eigenvalue weighted by molar-refractivity contribution is -0.0469. The minimum atomic E-state index is 0.346. The predicted molar refractivity (Wildman–Crippen MR) is 80.5 cm³/mol. The standard InChI is InChI=1S/C16H33NO2/c1-6-17-14-9-8-13(16(3,4)5)12-15(14)19-11-10-18-7-2/h13-15,17H,6-12H2,1-5H3. The lowest BCUT2D eigenvalue weighted by Gasteiger charge is -2.42. The molecule has 0 spiro atoms. The van der Waals surface area contributed by atoms with Gasteiger partial charge in [0, 0.05) is 12.6 Å². The van der Waals surface area contributed by atoms with Crippen LogP contribution in [-0.4, -0.2) is 38.5 Å². The van der Waals surface area contributed by atoms with Crippen molar-refractivity contribution in [3.8, 4) is 0 Å². The van der Waals surface area contributed by atoms with Gasteiger partial charge in [0.2, 0.25) is 0 Å². The highest BCUT2D eigenvalue weighted by Gasteiger charge is 2.35. The van der Waals surface area contributed by atoms with Crippen molar-refractivity contribution >= 4 is 0 Å². The van der Waals surface area contributed by atoms with Gasteiger partial charge < -0.3 is 14.8 Å². The zero-order valence-corrected chi connectivity index (χ0v) is 13.5. The van der Waals surface area contributed by atoms with Gasteiger partial charge in [0.1, 0.15) is 0 Å². The van der Waals surface area contributed by atoms with E-state index in [9.17, 15) is 0 Å². The summed E-state index contributed by atoms with van der Waals surface area (Å²) in [6.45, 7) is 14.5. The van der Waals surface area contributed by atoms with Crippen molar-refractivity contribution in [1.82, 2.24) is 5.32 Å². The first-order valence-electron chi connectivity index (χ1n) is 7.91. The van der Waals surface area contributed by atoms with Gasteiger partial charge in [0.25, 0.3) is 0 Å². The van der Waals surface area contributed by atoms with Gasteiger partial charge >= 0.3 is 0 Å². The Morgan fingerprint density at radius 1 is 1.11 bits per heavy atom. The van der Waals surface area contributed by atoms with Crippen LogP contribution in [0.15, 0.2) is 0 Å². The summed E-state index contributed by atoms with van der Waals surface area (Å²) in [5.74, 6) is 0.763. The molecule has 3 heteroatoms. The summed E-state index contributed by atoms with van der Waals surface area (Å²) in [5, 5.41) is 3.58. The van der Waals surface area contributed by atoms with Gasteiger partial charge in [0.05, 0.1) is 19.3 Å². The molecule has 0 amide bonds. The highest BCUT2D eigenvalue weighted by molar-refractivity contribution is 4.89. The second-order valence-electron chi connectivity index (χ2n) is 6.65. The van der Waals surface area contributed by atoms with E-state index in [4.69, 9.17) is 9.47 Å². The van der Waals surface area contributed by atoms with E-state index in [1.807, 2.05) is 6.92 Å². The Morgan fingerprint density at radius 2 is 1.84 bits per heavy atom. The molecular formula is C16H33NO2. The summed E-state index contributed by atoms with van der Waals surface area (Å²) in [6.07, 6.45) is 4.06. The molecule has 0 heterocycles. The largest absolute Gasteiger partial charge is 0.379 e. The molecule has 0 aliphatic heterocycles. The second kappa shape index (κ2) is 8.23. The van der Waals surface area contributed by atoms with Crippen molar-refractivity contribution in [2.75, 3.05) is 26.4 Å². The van der Waals surface area contributed by atoms with Crippen LogP contribution in [0.3, 0.4) is 0 Å². The van der Waals surface area contributed by atoms with Crippen molar-refractivity contribution < 1.29 is 9.47 Å². The smallest absolute Gasteiger partial charge is 0.0732 e. The van der Waals surface area contributed by atoms with Crippen LogP contribution in [0.25, 0.3) is 0 Å². The number of nitrogens with one attached hydrogen (secondary N) is 1. The fourth-order valence-electron chi connectivity index (χ4n) is 3.00. The Labute approximate surface area is 119 Å². The molecular weight excluding hydrogens is 238 g/mol. The molecule has 1 rings (SSSR count). The van der Waals surface area contributed by atoms with Crippen LogP contribution in [-0.2, 0) is 9.47 Å². The van der Waals surface area contributed by atoms with E-state index in [1.165, 1.54) is 19.3 Å². The zero-order chi connectivity index (χ0) is 14.3. The Hall–Kier alpha value is -0.120. The van der Waals surface area contributed by atoms with Crippen LogP contribution in [0.5, 0.6) is 0 Å². The van der Waals surface area contributed by atoms with Gasteiger partial charge in [-0.25, -0.2) is 0 Å². The summed E-state index contributed by atoms with van der Waals surface area (Å²) >= 11 is 0. The summed E-state index contributed by atoms with van der Waals surface area (Å²) in [6, 6.07) is 0.519. The van der Waals surface area contributed by atoms with Crippen LogP contribution in [0, 0.1) is 11.3 Å². The summed E-state index contributed by atoms with van der Waals surface area (Å²) in [7, 11) is 0. The quantitative estimate of drug-likeness (QED) is 0.721. The van der Waals surface area contributed by atoms with Gasteiger partial charge in [0.15, 0.2) is 0 Å². The second-order valence-corrected chi connectivity index (χ2v) is 6.65. The average molecular weight is 271 g/mol. The Morgan fingerprint density at radius 3 is 2.42 bits per heavy atom. The van der Waals surface area contributed by atoms with E-state index >= 15 is 0 Å². The van der Waals surface area contributed by atoms with Crippen LogP contribution in [0.2, 0.25) is 0 Å². The maximum absolute atomic E-state index is 6.09. The first kappa shape index (κ1) is 16.9. The van der Waals surface area contributed by atoms with E-state index in [0.717, 1.165) is 25.7 Å². The monoisotopic (exact) mass is 271 g/mol. The minimum absolute atomic E-state index is 0.346. The number of hydrogen-bond donors (Lipinski definition) is 1. The molecule has 0 saturated heterocycles. The lowest BCUT2D eigenvalue weighted by atomic mass is 9.70. The van der Waals surface area contributed by atoms with E-state index in [0.29, 0.717) is 24.2 Å². The zero-order valence-electron chi connectivity index (χ0n) is 13.5. The molecule has 1 saturated carbocycles. The van der Waals surface area contributed by atoms with Gasteiger partial charge in [-0.2, -0.15) is 0 Å². The molecule has 0 radical (unpaired) electrons. The average Bonchev–Trinajstić information content (AvgIpc) is 2.35. The minimum Gasteiger partial charge on any atom is -0.379 e. The normalized spacial score (nSPS) is 28.6. The van der Waals surface area contributed by atoms with Crippen LogP contribution >= 0.6 is 0 Å². The molecule has 114 valence electrons. The van der Waals surface area contributed by atoms with Gasteiger partial charge in [-0.05, 0) is 44.1 Å². The summed E-state index contributed by atoms with van der Waals surface area (Å²) in [4.78, 5) is 0. The highest BCUT2D eigenvalue weighted by Crippen LogP contribution is 2.38. The van der Waals surface area contributed by atoms with E-state index < -0.39 is 0 Å². The third-order valence-corrected chi connectivity index (χ3v) is 4.25. The maximum atomic E-state index is 6.09. The van der Waals surface area contributed by atoms with Crippen molar-refractivity contribution in [2.45, 2.75) is 66.0 Å². The number of likely N-dealkylation sites (N-methyl/N-ethyl adjacent to an activating group) is 1. The molecule has 3 nitrogen and oxygen atoms in total. The Bertz CT molecular complexity index is 237. The predicted octanol–water partition coefficient (Wildman–Crippen LogP) is 3.23. The lowest BCUT2D eigenvalue weighted by Crippen LogP contribution is -2.47. The Kier molecular flexibility index (Phi) is 7.33. The third kappa shape index (κ3) is 5.80. The first-order chi connectivity index (χ1) is 8.99. The van der Waals surface area contributed by atoms with Gasteiger partial charge in [-0.15, -0.1) is 0 Å². The Balaban J connectivity index is 2.48. The molecule has 0 aromatic carbocycles. The molecule has 1 N–H and O–H groups in total. The maximum Gasteiger partial charge on any atom is 0.0732 e. The van der Waals surface area contributed by atoms with Crippen LogP contribution in [0.4, 0.5) is 0 Å². The van der Waals surface area contributed by atoms with Gasteiger partial charge in [-0.1, -0.05) is 27.7 Å². The molecule has 1 aliphatic carbocycles. The molecule has 3 atom stereocenters. The summed E-state index contributed by atoms with van der Waals surface area (Å²) in [5.41, 5.74) is 0.388. The van der Waals surface area contributed by atoms with Crippen molar-refractivity contribution in [2.24, 2.45) is 11.3 Å². The van der Waals surface area contributed by atoms with E-state index in [-0.39, 0.29) is 0 Å². The molecule has 0 aromatic heterocycles. The molecule has 0 aromatic rings. The fourth-order valence-corrected chi connectivity index (χ4v) is 3.00. The van der Waals surface area contributed by atoms with Crippen molar-refractivity contribution in [3.63, 3.8) is 0 Å². The number of hydrogen-bond acceptors (Lipinski definition) is 3. The molecule has 0 bridgehead atoms. The third-order valence-electron chi connectivity index (χ3n) is 4.25. The van der Waals surface area contributed by atoms with Crippen molar-refractivity contribution in [3.05, 3.63) is 0 Å². The fraction of sp³-hybridized carbons (Fsp3) is 1.00. The molecule has 1 fully saturated rings. The van der Waals surface area contributed by atoms with Crippen LogP contribution < -0.4 is 5.32 Å². The number of ether oxygens (including phenoxy) is 2. The SMILES string of the molecule is CCNC1CCC(C(C)(C)C)CC1OCCOCC. The summed E-state index contributed by atoms with van der Waals surface area (Å²) < 4.78 is 11.5. The molecule has 3 unspecified atom stereocenters. The molecule has 1 aliphatic rings. The number of rotatable bonds is 7. The topological polar surface area (TPSA) is 30.5 Å².